The molecule has 146 valence electrons. The molecule has 2 N–H and O–H groups in total. The molecule has 28 heavy (non-hydrogen) atoms. The summed E-state index contributed by atoms with van der Waals surface area (Å²) >= 11 is 1.16. The Morgan fingerprint density at radius 1 is 1.18 bits per heavy atom. The van der Waals surface area contributed by atoms with Crippen molar-refractivity contribution in [2.45, 2.75) is 11.7 Å². The van der Waals surface area contributed by atoms with E-state index in [1.165, 1.54) is 12.4 Å². The molecule has 0 aliphatic carbocycles. The maximum atomic E-state index is 13.1. The van der Waals surface area contributed by atoms with Crippen LogP contribution in [-0.2, 0) is 16.1 Å². The van der Waals surface area contributed by atoms with E-state index in [9.17, 15) is 18.4 Å². The Hall–Kier alpha value is -3.21. The Morgan fingerprint density at radius 2 is 2.04 bits per heavy atom. The van der Waals surface area contributed by atoms with Crippen molar-refractivity contribution in [3.05, 3.63) is 60.3 Å². The smallest absolute Gasteiger partial charge is 0.243 e. The first kappa shape index (κ1) is 19.5. The second-order valence-electron chi connectivity index (χ2n) is 5.56. The van der Waals surface area contributed by atoms with Gasteiger partial charge in [-0.15, -0.1) is 10.2 Å². The number of nitrogens with zero attached hydrogens (tertiary/aromatic N) is 3. The van der Waals surface area contributed by atoms with Crippen LogP contribution >= 0.6 is 11.8 Å². The molecule has 3 rings (SSSR count). The van der Waals surface area contributed by atoms with Gasteiger partial charge in [0.1, 0.15) is 12.1 Å². The third kappa shape index (κ3) is 5.39. The quantitative estimate of drug-likeness (QED) is 0.554. The number of carbonyl (C=O) groups is 2. The first-order chi connectivity index (χ1) is 13.5. The summed E-state index contributed by atoms with van der Waals surface area (Å²) in [5, 5.41) is 13.1. The Balaban J connectivity index is 1.43. The summed E-state index contributed by atoms with van der Waals surface area (Å²) in [7, 11) is 0. The number of nitrogens with one attached hydrogen (secondary N) is 2. The van der Waals surface area contributed by atoms with Gasteiger partial charge in [-0.05, 0) is 24.3 Å². The zero-order valence-corrected chi connectivity index (χ0v) is 15.2. The van der Waals surface area contributed by atoms with Crippen molar-refractivity contribution >= 4 is 29.3 Å². The van der Waals surface area contributed by atoms with Crippen molar-refractivity contribution in [2.24, 2.45) is 0 Å². The number of hydrogen-bond donors (Lipinski definition) is 2. The predicted octanol–water partition coefficient (Wildman–Crippen LogP) is 2.04. The van der Waals surface area contributed by atoms with Gasteiger partial charge in [0.2, 0.25) is 11.8 Å². The number of rotatable bonds is 8. The van der Waals surface area contributed by atoms with Crippen LogP contribution in [0.5, 0.6) is 0 Å². The molecule has 2 aromatic heterocycles. The summed E-state index contributed by atoms with van der Waals surface area (Å²) in [5.41, 5.74) is 0.0959. The van der Waals surface area contributed by atoms with Crippen LogP contribution in [0, 0.1) is 11.6 Å². The van der Waals surface area contributed by atoms with E-state index in [2.05, 4.69) is 20.8 Å². The average molecular weight is 407 g/mol. The molecule has 3 aromatic rings. The van der Waals surface area contributed by atoms with Gasteiger partial charge in [0.25, 0.3) is 0 Å². The number of benzene rings is 1. The summed E-state index contributed by atoms with van der Waals surface area (Å²) in [6.07, 6.45) is 3.09. The average Bonchev–Trinajstić information content (AvgIpc) is 3.34. The normalized spacial score (nSPS) is 10.6. The first-order valence-corrected chi connectivity index (χ1v) is 9.04. The molecule has 1 aromatic carbocycles. The van der Waals surface area contributed by atoms with Crippen molar-refractivity contribution in [1.82, 2.24) is 20.1 Å². The van der Waals surface area contributed by atoms with Gasteiger partial charge in [-0.2, -0.15) is 0 Å². The zero-order chi connectivity index (χ0) is 19.9. The minimum absolute atomic E-state index is 0.0231. The zero-order valence-electron chi connectivity index (χ0n) is 14.4. The molecule has 0 aliphatic heterocycles. The molecule has 11 heteroatoms. The van der Waals surface area contributed by atoms with Crippen LogP contribution in [-0.4, -0.2) is 38.9 Å². The molecule has 0 saturated carbocycles. The maximum Gasteiger partial charge on any atom is 0.243 e. The van der Waals surface area contributed by atoms with Gasteiger partial charge in [0.15, 0.2) is 16.8 Å². The van der Waals surface area contributed by atoms with Gasteiger partial charge < -0.3 is 19.6 Å². The number of anilines is 1. The Kier molecular flexibility index (Phi) is 6.37. The maximum absolute atomic E-state index is 13.1. The van der Waals surface area contributed by atoms with Crippen LogP contribution < -0.4 is 10.6 Å². The first-order valence-electron chi connectivity index (χ1n) is 8.06. The molecule has 0 spiro atoms. The van der Waals surface area contributed by atoms with E-state index in [0.717, 1.165) is 29.7 Å². The number of thioether (sulfide) groups is 1. The third-order valence-corrected chi connectivity index (χ3v) is 4.45. The molecule has 0 saturated heterocycles. The van der Waals surface area contributed by atoms with Crippen molar-refractivity contribution in [3.63, 3.8) is 0 Å². The van der Waals surface area contributed by atoms with E-state index in [1.807, 2.05) is 6.07 Å². The van der Waals surface area contributed by atoms with E-state index in [1.54, 1.807) is 16.9 Å². The lowest BCUT2D eigenvalue weighted by atomic mass is 10.3. The standard InChI is InChI=1S/C17H15F2N5O3S/c18-13-4-3-11(6-14(13)19)22-15(25)7-20-16(26)9-28-17-23-21-10-24(17)8-12-2-1-5-27-12/h1-6,10H,7-9H2,(H,20,26)(H,22,25). The Labute approximate surface area is 162 Å². The molecule has 0 bridgehead atoms. The Bertz CT molecular complexity index is 962. The van der Waals surface area contributed by atoms with E-state index < -0.39 is 23.4 Å². The molecule has 0 radical (unpaired) electrons. The van der Waals surface area contributed by atoms with Crippen LogP contribution in [0.3, 0.4) is 0 Å². The second-order valence-corrected chi connectivity index (χ2v) is 6.51. The summed E-state index contributed by atoms with van der Waals surface area (Å²) in [6, 6.07) is 6.56. The van der Waals surface area contributed by atoms with Gasteiger partial charge in [-0.25, -0.2) is 8.78 Å². The fourth-order valence-electron chi connectivity index (χ4n) is 2.17. The highest BCUT2D eigenvalue weighted by molar-refractivity contribution is 7.99. The van der Waals surface area contributed by atoms with E-state index in [0.29, 0.717) is 11.7 Å². The van der Waals surface area contributed by atoms with E-state index in [-0.39, 0.29) is 18.0 Å². The van der Waals surface area contributed by atoms with Gasteiger partial charge in [-0.3, -0.25) is 9.59 Å². The predicted molar refractivity (Wildman–Crippen MR) is 96.6 cm³/mol. The van der Waals surface area contributed by atoms with Crippen molar-refractivity contribution in [3.8, 4) is 0 Å². The van der Waals surface area contributed by atoms with Crippen molar-refractivity contribution in [2.75, 3.05) is 17.6 Å². The number of hydrogen-bond acceptors (Lipinski definition) is 6. The third-order valence-electron chi connectivity index (χ3n) is 3.47. The van der Waals surface area contributed by atoms with Crippen LogP contribution in [0.2, 0.25) is 0 Å². The SMILES string of the molecule is O=C(CSc1nncn1Cc1ccco1)NCC(=O)Nc1ccc(F)c(F)c1. The van der Waals surface area contributed by atoms with Crippen molar-refractivity contribution in [1.29, 1.82) is 0 Å². The molecule has 2 amide bonds. The van der Waals surface area contributed by atoms with Gasteiger partial charge >= 0.3 is 0 Å². The topological polar surface area (TPSA) is 102 Å². The van der Waals surface area contributed by atoms with Gasteiger partial charge in [0.05, 0.1) is 25.1 Å². The lowest BCUT2D eigenvalue weighted by Crippen LogP contribution is -2.34. The highest BCUT2D eigenvalue weighted by atomic mass is 32.2. The largest absolute Gasteiger partial charge is 0.467 e. The Morgan fingerprint density at radius 3 is 2.79 bits per heavy atom. The molecule has 8 nitrogen and oxygen atoms in total. The summed E-state index contributed by atoms with van der Waals surface area (Å²) in [4.78, 5) is 23.7. The summed E-state index contributed by atoms with van der Waals surface area (Å²) in [5.74, 6) is -2.29. The van der Waals surface area contributed by atoms with Crippen LogP contribution in [0.1, 0.15) is 5.76 Å². The highest BCUT2D eigenvalue weighted by Crippen LogP contribution is 2.16. The minimum atomic E-state index is -1.07. The molecule has 0 fully saturated rings. The minimum Gasteiger partial charge on any atom is -0.467 e. The monoisotopic (exact) mass is 407 g/mol. The number of amides is 2. The van der Waals surface area contributed by atoms with Crippen LogP contribution in [0.4, 0.5) is 14.5 Å². The number of carbonyl (C=O) groups excluding carboxylic acids is 2. The van der Waals surface area contributed by atoms with Crippen LogP contribution in [0.15, 0.2) is 52.5 Å². The van der Waals surface area contributed by atoms with Crippen molar-refractivity contribution < 1.29 is 22.8 Å². The van der Waals surface area contributed by atoms with Gasteiger partial charge in [0, 0.05) is 11.8 Å². The molecular formula is C17H15F2N5O3S. The summed E-state index contributed by atoms with van der Waals surface area (Å²) < 4.78 is 33.0. The fraction of sp³-hybridized carbons (Fsp3) is 0.176. The molecule has 2 heterocycles. The lowest BCUT2D eigenvalue weighted by Gasteiger charge is -2.07. The number of halogens is 2. The number of furan rings is 1. The van der Waals surface area contributed by atoms with Crippen LogP contribution in [0.25, 0.3) is 0 Å². The van der Waals surface area contributed by atoms with Gasteiger partial charge in [-0.1, -0.05) is 11.8 Å². The highest BCUT2D eigenvalue weighted by Gasteiger charge is 2.12. The molecule has 0 unspecified atom stereocenters. The molecule has 0 atom stereocenters. The molecule has 0 aliphatic rings. The second kappa shape index (κ2) is 9.13. The molecular weight excluding hydrogens is 392 g/mol. The van der Waals surface area contributed by atoms with E-state index >= 15 is 0 Å². The van der Waals surface area contributed by atoms with E-state index in [4.69, 9.17) is 4.42 Å². The lowest BCUT2D eigenvalue weighted by molar-refractivity contribution is -0.122. The fourth-order valence-corrected chi connectivity index (χ4v) is 2.92. The summed E-state index contributed by atoms with van der Waals surface area (Å²) in [6.45, 7) is 0.123. The number of aromatic nitrogens is 3.